The van der Waals surface area contributed by atoms with Crippen molar-refractivity contribution in [3.63, 3.8) is 0 Å². The molecule has 0 aliphatic heterocycles. The van der Waals surface area contributed by atoms with E-state index < -0.39 is 0 Å². The van der Waals surface area contributed by atoms with Crippen LogP contribution in [0.4, 0.5) is 0 Å². The molecular formula is C13H8Cl2OS. The molecule has 0 aliphatic rings. The number of carbonyl (C=O) groups is 1. The summed E-state index contributed by atoms with van der Waals surface area (Å²) in [5.74, 6) is -0.0678. The van der Waals surface area contributed by atoms with Crippen molar-refractivity contribution in [2.45, 2.75) is 0 Å². The molecule has 0 saturated heterocycles. The molecule has 1 nitrogen and oxygen atoms in total. The molecule has 17 heavy (non-hydrogen) atoms. The third kappa shape index (κ3) is 3.19. The van der Waals surface area contributed by atoms with E-state index in [1.807, 2.05) is 18.2 Å². The van der Waals surface area contributed by atoms with E-state index in [0.29, 0.717) is 14.2 Å². The van der Waals surface area contributed by atoms with Gasteiger partial charge in [0.05, 0.1) is 9.21 Å². The zero-order chi connectivity index (χ0) is 12.3. The fourth-order valence-corrected chi connectivity index (χ4v) is 2.47. The van der Waals surface area contributed by atoms with Gasteiger partial charge in [0.1, 0.15) is 0 Å². The van der Waals surface area contributed by atoms with Crippen molar-refractivity contribution in [2.75, 3.05) is 0 Å². The van der Waals surface area contributed by atoms with Crippen LogP contribution in [0.5, 0.6) is 0 Å². The molecule has 2 aromatic rings. The van der Waals surface area contributed by atoms with Gasteiger partial charge in [-0.25, -0.2) is 0 Å². The highest BCUT2D eigenvalue weighted by molar-refractivity contribution is 7.18. The lowest BCUT2D eigenvalue weighted by Crippen LogP contribution is -1.88. The first-order valence-corrected chi connectivity index (χ1v) is 6.46. The summed E-state index contributed by atoms with van der Waals surface area (Å²) in [5.41, 5.74) is 0.824. The SMILES string of the molecule is O=C(C=Cc1ccccc1Cl)c1ccc(Cl)s1. The number of rotatable bonds is 3. The Labute approximate surface area is 113 Å². The van der Waals surface area contributed by atoms with Crippen molar-refractivity contribution < 1.29 is 4.79 Å². The molecule has 0 atom stereocenters. The number of carbonyl (C=O) groups excluding carboxylic acids is 1. The van der Waals surface area contributed by atoms with E-state index >= 15 is 0 Å². The van der Waals surface area contributed by atoms with Crippen LogP contribution in [0, 0.1) is 0 Å². The predicted octanol–water partition coefficient (Wildman–Crippen LogP) is 4.95. The maximum atomic E-state index is 11.8. The van der Waals surface area contributed by atoms with E-state index in [2.05, 4.69) is 0 Å². The molecule has 0 fully saturated rings. The van der Waals surface area contributed by atoms with Crippen LogP contribution in [-0.2, 0) is 0 Å². The number of hydrogen-bond donors (Lipinski definition) is 0. The molecule has 86 valence electrons. The average Bonchev–Trinajstić information content (AvgIpc) is 2.74. The number of halogens is 2. The lowest BCUT2D eigenvalue weighted by atomic mass is 10.2. The second-order valence-corrected chi connectivity index (χ2v) is 5.45. The van der Waals surface area contributed by atoms with Crippen LogP contribution < -0.4 is 0 Å². The first-order valence-electron chi connectivity index (χ1n) is 4.89. The van der Waals surface area contributed by atoms with Crippen LogP contribution in [-0.4, -0.2) is 5.78 Å². The van der Waals surface area contributed by atoms with E-state index in [1.165, 1.54) is 17.4 Å². The summed E-state index contributed by atoms with van der Waals surface area (Å²) in [6.45, 7) is 0. The highest BCUT2D eigenvalue weighted by Crippen LogP contribution is 2.23. The molecular weight excluding hydrogens is 275 g/mol. The number of thiophene rings is 1. The minimum atomic E-state index is -0.0678. The van der Waals surface area contributed by atoms with Gasteiger partial charge in [-0.2, -0.15) is 0 Å². The highest BCUT2D eigenvalue weighted by atomic mass is 35.5. The average molecular weight is 283 g/mol. The van der Waals surface area contributed by atoms with Gasteiger partial charge >= 0.3 is 0 Å². The van der Waals surface area contributed by atoms with Crippen molar-refractivity contribution in [3.05, 3.63) is 62.3 Å². The number of allylic oxidation sites excluding steroid dienone is 1. The van der Waals surface area contributed by atoms with Crippen molar-refractivity contribution in [2.24, 2.45) is 0 Å². The molecule has 0 saturated carbocycles. The van der Waals surface area contributed by atoms with E-state index in [4.69, 9.17) is 23.2 Å². The van der Waals surface area contributed by atoms with Gasteiger partial charge in [0.25, 0.3) is 0 Å². The number of ketones is 1. The second kappa shape index (κ2) is 5.50. The largest absolute Gasteiger partial charge is 0.288 e. The Bertz CT molecular complexity index is 572. The fourth-order valence-electron chi connectivity index (χ4n) is 1.30. The van der Waals surface area contributed by atoms with Crippen LogP contribution in [0.25, 0.3) is 6.08 Å². The van der Waals surface area contributed by atoms with Crippen molar-refractivity contribution in [3.8, 4) is 0 Å². The monoisotopic (exact) mass is 282 g/mol. The van der Waals surface area contributed by atoms with Crippen LogP contribution in [0.3, 0.4) is 0 Å². The third-order valence-electron chi connectivity index (χ3n) is 2.14. The van der Waals surface area contributed by atoms with Gasteiger partial charge in [0.2, 0.25) is 0 Å². The van der Waals surface area contributed by atoms with E-state index in [1.54, 1.807) is 24.3 Å². The molecule has 0 aliphatic carbocycles. The summed E-state index contributed by atoms with van der Waals surface area (Å²) in [5, 5.41) is 0.626. The van der Waals surface area contributed by atoms with Gasteiger partial charge < -0.3 is 0 Å². The van der Waals surface area contributed by atoms with Gasteiger partial charge in [0.15, 0.2) is 5.78 Å². The zero-order valence-corrected chi connectivity index (χ0v) is 11.0. The molecule has 0 bridgehead atoms. The Balaban J connectivity index is 2.17. The number of benzene rings is 1. The van der Waals surface area contributed by atoms with Gasteiger partial charge in [-0.1, -0.05) is 41.4 Å². The fraction of sp³-hybridized carbons (Fsp3) is 0. The molecule has 2 rings (SSSR count). The van der Waals surface area contributed by atoms with Gasteiger partial charge in [0, 0.05) is 5.02 Å². The molecule has 0 spiro atoms. The van der Waals surface area contributed by atoms with E-state index in [9.17, 15) is 4.79 Å². The van der Waals surface area contributed by atoms with Crippen molar-refractivity contribution >= 4 is 46.4 Å². The maximum Gasteiger partial charge on any atom is 0.195 e. The smallest absolute Gasteiger partial charge is 0.195 e. The molecule has 4 heteroatoms. The molecule has 0 radical (unpaired) electrons. The summed E-state index contributed by atoms with van der Waals surface area (Å²) in [7, 11) is 0. The molecule has 0 N–H and O–H groups in total. The predicted molar refractivity (Wildman–Crippen MR) is 74.1 cm³/mol. The normalized spacial score (nSPS) is 10.9. The first kappa shape index (κ1) is 12.4. The lowest BCUT2D eigenvalue weighted by molar-refractivity contribution is 0.105. The van der Waals surface area contributed by atoms with Crippen LogP contribution in [0.1, 0.15) is 15.2 Å². The summed E-state index contributed by atoms with van der Waals surface area (Å²) in [6.07, 6.45) is 3.21. The van der Waals surface area contributed by atoms with E-state index in [0.717, 1.165) is 5.56 Å². The summed E-state index contributed by atoms with van der Waals surface area (Å²) in [4.78, 5) is 12.4. The van der Waals surface area contributed by atoms with Crippen molar-refractivity contribution in [1.29, 1.82) is 0 Å². The topological polar surface area (TPSA) is 17.1 Å². The van der Waals surface area contributed by atoms with Gasteiger partial charge in [-0.3, -0.25) is 4.79 Å². The Kier molecular flexibility index (Phi) is 4.00. The quantitative estimate of drug-likeness (QED) is 0.575. The minimum Gasteiger partial charge on any atom is -0.288 e. The summed E-state index contributed by atoms with van der Waals surface area (Å²) < 4.78 is 0.611. The summed E-state index contributed by atoms with van der Waals surface area (Å²) >= 11 is 13.0. The summed E-state index contributed by atoms with van der Waals surface area (Å²) in [6, 6.07) is 10.8. The standard InChI is InChI=1S/C13H8Cl2OS/c14-10-4-2-1-3-9(10)5-6-11(16)12-7-8-13(15)17-12/h1-8H. The maximum absolute atomic E-state index is 11.8. The van der Waals surface area contributed by atoms with Crippen molar-refractivity contribution in [1.82, 2.24) is 0 Å². The number of hydrogen-bond acceptors (Lipinski definition) is 2. The Morgan fingerprint density at radius 2 is 1.88 bits per heavy atom. The molecule has 0 unspecified atom stereocenters. The molecule has 1 aromatic carbocycles. The van der Waals surface area contributed by atoms with Crippen LogP contribution in [0.15, 0.2) is 42.5 Å². The van der Waals surface area contributed by atoms with E-state index in [-0.39, 0.29) is 5.78 Å². The first-order chi connectivity index (χ1) is 8.16. The Morgan fingerprint density at radius 1 is 1.12 bits per heavy atom. The molecule has 0 amide bonds. The lowest BCUT2D eigenvalue weighted by Gasteiger charge is -1.95. The Morgan fingerprint density at radius 3 is 2.53 bits per heavy atom. The van der Waals surface area contributed by atoms with Crippen LogP contribution in [0.2, 0.25) is 9.36 Å². The Hall–Kier alpha value is -1.09. The molecule has 1 heterocycles. The highest BCUT2D eigenvalue weighted by Gasteiger charge is 2.05. The van der Waals surface area contributed by atoms with Gasteiger partial charge in [-0.05, 0) is 35.9 Å². The van der Waals surface area contributed by atoms with Gasteiger partial charge in [-0.15, -0.1) is 11.3 Å². The third-order valence-corrected chi connectivity index (χ3v) is 3.73. The second-order valence-electron chi connectivity index (χ2n) is 3.32. The zero-order valence-electron chi connectivity index (χ0n) is 8.69. The minimum absolute atomic E-state index is 0.0678. The molecule has 1 aromatic heterocycles. The van der Waals surface area contributed by atoms with Crippen LogP contribution >= 0.6 is 34.5 Å².